The molecule has 1 amide bonds. The van der Waals surface area contributed by atoms with Crippen LogP contribution in [-0.4, -0.2) is 49.6 Å². The standard InChI is InChI=1S/C13H24N2O3/c1-4-18-13(17)9-15(8-10(2)3)12(16)5-11-6-14-7-11/h10-11,14H,4-9H2,1-3H3. The molecule has 0 bridgehead atoms. The normalized spacial score (nSPS) is 15.3. The molecule has 0 atom stereocenters. The summed E-state index contributed by atoms with van der Waals surface area (Å²) in [5.74, 6) is 0.513. The first-order chi connectivity index (χ1) is 8.52. The Hall–Kier alpha value is -1.10. The number of hydrogen-bond acceptors (Lipinski definition) is 4. The fourth-order valence-electron chi connectivity index (χ4n) is 1.93. The summed E-state index contributed by atoms with van der Waals surface area (Å²) in [6.07, 6.45) is 0.527. The monoisotopic (exact) mass is 256 g/mol. The van der Waals surface area contributed by atoms with Gasteiger partial charge in [0.2, 0.25) is 5.91 Å². The van der Waals surface area contributed by atoms with Crippen LogP contribution in [0.15, 0.2) is 0 Å². The number of ether oxygens (including phenoxy) is 1. The summed E-state index contributed by atoms with van der Waals surface area (Å²) < 4.78 is 4.90. The summed E-state index contributed by atoms with van der Waals surface area (Å²) in [5, 5.41) is 3.14. The predicted octanol–water partition coefficient (Wildman–Crippen LogP) is 0.644. The third-order valence-electron chi connectivity index (χ3n) is 2.89. The van der Waals surface area contributed by atoms with Gasteiger partial charge in [-0.2, -0.15) is 0 Å². The Balaban J connectivity index is 2.46. The van der Waals surface area contributed by atoms with Gasteiger partial charge in [-0.1, -0.05) is 13.8 Å². The molecule has 1 heterocycles. The van der Waals surface area contributed by atoms with Gasteiger partial charge in [-0.15, -0.1) is 0 Å². The van der Waals surface area contributed by atoms with Gasteiger partial charge in [0, 0.05) is 13.0 Å². The van der Waals surface area contributed by atoms with Crippen molar-refractivity contribution in [2.75, 3.05) is 32.8 Å². The van der Waals surface area contributed by atoms with Crippen LogP contribution in [0.1, 0.15) is 27.2 Å². The number of nitrogens with one attached hydrogen (secondary N) is 1. The zero-order valence-corrected chi connectivity index (χ0v) is 11.6. The second-order valence-corrected chi connectivity index (χ2v) is 5.20. The van der Waals surface area contributed by atoms with Crippen molar-refractivity contribution in [2.45, 2.75) is 27.2 Å². The van der Waals surface area contributed by atoms with Crippen molar-refractivity contribution in [3.63, 3.8) is 0 Å². The Morgan fingerprint density at radius 1 is 1.39 bits per heavy atom. The summed E-state index contributed by atoms with van der Waals surface area (Å²) >= 11 is 0. The summed E-state index contributed by atoms with van der Waals surface area (Å²) in [5.41, 5.74) is 0. The lowest BCUT2D eigenvalue weighted by Crippen LogP contribution is -2.46. The van der Waals surface area contributed by atoms with E-state index in [2.05, 4.69) is 5.32 Å². The van der Waals surface area contributed by atoms with Crippen LogP contribution in [0.5, 0.6) is 0 Å². The second kappa shape index (κ2) is 7.36. The van der Waals surface area contributed by atoms with Crippen molar-refractivity contribution in [1.82, 2.24) is 10.2 Å². The first kappa shape index (κ1) is 15.0. The van der Waals surface area contributed by atoms with E-state index in [-0.39, 0.29) is 18.4 Å². The first-order valence-corrected chi connectivity index (χ1v) is 6.67. The SMILES string of the molecule is CCOC(=O)CN(CC(C)C)C(=O)CC1CNC1. The van der Waals surface area contributed by atoms with Gasteiger partial charge in [0.05, 0.1) is 6.61 Å². The third-order valence-corrected chi connectivity index (χ3v) is 2.89. The van der Waals surface area contributed by atoms with Gasteiger partial charge < -0.3 is 15.0 Å². The van der Waals surface area contributed by atoms with Gasteiger partial charge in [0.1, 0.15) is 6.54 Å². The van der Waals surface area contributed by atoms with E-state index in [1.165, 1.54) is 0 Å². The van der Waals surface area contributed by atoms with E-state index in [0.717, 1.165) is 13.1 Å². The van der Waals surface area contributed by atoms with Crippen molar-refractivity contribution in [1.29, 1.82) is 0 Å². The molecule has 5 nitrogen and oxygen atoms in total. The molecule has 104 valence electrons. The third kappa shape index (κ3) is 5.04. The molecule has 0 aliphatic carbocycles. The fourth-order valence-corrected chi connectivity index (χ4v) is 1.93. The molecule has 1 N–H and O–H groups in total. The molecule has 0 aromatic rings. The Morgan fingerprint density at radius 2 is 2.06 bits per heavy atom. The molecular weight excluding hydrogens is 232 g/mol. The molecule has 1 fully saturated rings. The van der Waals surface area contributed by atoms with E-state index in [4.69, 9.17) is 4.74 Å². The highest BCUT2D eigenvalue weighted by Gasteiger charge is 2.25. The molecule has 1 saturated heterocycles. The summed E-state index contributed by atoms with van der Waals surface area (Å²) in [4.78, 5) is 25.2. The topological polar surface area (TPSA) is 58.6 Å². The number of amides is 1. The lowest BCUT2D eigenvalue weighted by atomic mass is 9.98. The van der Waals surface area contributed by atoms with Crippen molar-refractivity contribution < 1.29 is 14.3 Å². The number of hydrogen-bond donors (Lipinski definition) is 1. The molecule has 1 aliphatic rings. The fraction of sp³-hybridized carbons (Fsp3) is 0.846. The zero-order chi connectivity index (χ0) is 13.5. The highest BCUT2D eigenvalue weighted by Crippen LogP contribution is 2.12. The van der Waals surface area contributed by atoms with Crippen LogP contribution in [-0.2, 0) is 14.3 Å². The van der Waals surface area contributed by atoms with E-state index in [1.807, 2.05) is 13.8 Å². The number of carbonyl (C=O) groups is 2. The quantitative estimate of drug-likeness (QED) is 0.679. The highest BCUT2D eigenvalue weighted by atomic mass is 16.5. The molecule has 0 saturated carbocycles. The molecule has 5 heteroatoms. The molecule has 0 unspecified atom stereocenters. The lowest BCUT2D eigenvalue weighted by Gasteiger charge is -2.30. The minimum atomic E-state index is -0.321. The van der Waals surface area contributed by atoms with Gasteiger partial charge in [0.25, 0.3) is 0 Å². The van der Waals surface area contributed by atoms with E-state index >= 15 is 0 Å². The lowest BCUT2D eigenvalue weighted by molar-refractivity contribution is -0.149. The Labute approximate surface area is 109 Å². The van der Waals surface area contributed by atoms with Crippen molar-refractivity contribution in [3.8, 4) is 0 Å². The molecule has 0 spiro atoms. The Bertz CT molecular complexity index is 288. The van der Waals surface area contributed by atoms with Gasteiger partial charge in [-0.05, 0) is 31.8 Å². The Morgan fingerprint density at radius 3 is 2.50 bits per heavy atom. The van der Waals surface area contributed by atoms with Gasteiger partial charge in [-0.3, -0.25) is 9.59 Å². The maximum Gasteiger partial charge on any atom is 0.325 e. The largest absolute Gasteiger partial charge is 0.465 e. The molecule has 0 aromatic carbocycles. The van der Waals surface area contributed by atoms with Crippen LogP contribution >= 0.6 is 0 Å². The smallest absolute Gasteiger partial charge is 0.325 e. The number of esters is 1. The molecule has 1 rings (SSSR count). The number of rotatable bonds is 7. The van der Waals surface area contributed by atoms with Gasteiger partial charge in [0.15, 0.2) is 0 Å². The van der Waals surface area contributed by atoms with E-state index < -0.39 is 0 Å². The second-order valence-electron chi connectivity index (χ2n) is 5.20. The van der Waals surface area contributed by atoms with E-state index in [1.54, 1.807) is 11.8 Å². The van der Waals surface area contributed by atoms with Crippen LogP contribution in [0.3, 0.4) is 0 Å². The zero-order valence-electron chi connectivity index (χ0n) is 11.6. The van der Waals surface area contributed by atoms with Crippen LogP contribution in [0.4, 0.5) is 0 Å². The average Bonchev–Trinajstić information content (AvgIpc) is 2.22. The highest BCUT2D eigenvalue weighted by molar-refractivity contribution is 5.82. The minimum absolute atomic E-state index is 0.0586. The maximum absolute atomic E-state index is 12.1. The maximum atomic E-state index is 12.1. The van der Waals surface area contributed by atoms with E-state index in [0.29, 0.717) is 31.4 Å². The molecule has 1 aliphatic heterocycles. The average molecular weight is 256 g/mol. The summed E-state index contributed by atoms with van der Waals surface area (Å²) in [6.45, 7) is 8.69. The number of carbonyl (C=O) groups excluding carboxylic acids is 2. The van der Waals surface area contributed by atoms with Crippen LogP contribution in [0, 0.1) is 11.8 Å². The molecule has 18 heavy (non-hydrogen) atoms. The summed E-state index contributed by atoms with van der Waals surface area (Å²) in [6, 6.07) is 0. The molecule has 0 radical (unpaired) electrons. The van der Waals surface area contributed by atoms with Crippen LogP contribution < -0.4 is 5.32 Å². The molecule has 0 aromatic heterocycles. The summed E-state index contributed by atoms with van der Waals surface area (Å²) in [7, 11) is 0. The van der Waals surface area contributed by atoms with Crippen molar-refractivity contribution in [3.05, 3.63) is 0 Å². The van der Waals surface area contributed by atoms with Crippen LogP contribution in [0.25, 0.3) is 0 Å². The van der Waals surface area contributed by atoms with Gasteiger partial charge in [-0.25, -0.2) is 0 Å². The van der Waals surface area contributed by atoms with Crippen molar-refractivity contribution in [2.24, 2.45) is 11.8 Å². The van der Waals surface area contributed by atoms with Gasteiger partial charge >= 0.3 is 5.97 Å². The first-order valence-electron chi connectivity index (χ1n) is 6.67. The van der Waals surface area contributed by atoms with Crippen LogP contribution in [0.2, 0.25) is 0 Å². The predicted molar refractivity (Wildman–Crippen MR) is 69.0 cm³/mol. The Kier molecular flexibility index (Phi) is 6.12. The minimum Gasteiger partial charge on any atom is -0.465 e. The van der Waals surface area contributed by atoms with Crippen molar-refractivity contribution >= 4 is 11.9 Å². The number of nitrogens with zero attached hydrogens (tertiary/aromatic N) is 1. The molecular formula is C13H24N2O3. The van der Waals surface area contributed by atoms with E-state index in [9.17, 15) is 9.59 Å².